The number of ether oxygens (including phenoxy) is 4. The predicted octanol–water partition coefficient (Wildman–Crippen LogP) is 5.74. The second-order valence-electron chi connectivity index (χ2n) is 8.65. The highest BCUT2D eigenvalue weighted by Gasteiger charge is 2.20. The summed E-state index contributed by atoms with van der Waals surface area (Å²) in [5.41, 5.74) is 0.881. The van der Waals surface area contributed by atoms with Crippen LogP contribution in [0.25, 0.3) is 22.1 Å². The maximum Gasteiger partial charge on any atom is 0.348 e. The fraction of sp³-hybridized carbons (Fsp3) is 0.276. The van der Waals surface area contributed by atoms with Crippen LogP contribution in [0.4, 0.5) is 0 Å². The molecule has 1 aliphatic heterocycles. The lowest BCUT2D eigenvalue weighted by Gasteiger charge is -2.16. The SMILES string of the molecule is COc1ccc(-c2c(Oc3ccc(OCCN4CCCC4)cc3)c3ccc(OC)cc3oc2=O)cc1. The van der Waals surface area contributed by atoms with E-state index in [2.05, 4.69) is 4.90 Å². The van der Waals surface area contributed by atoms with Gasteiger partial charge < -0.3 is 23.4 Å². The van der Waals surface area contributed by atoms with Gasteiger partial charge in [-0.15, -0.1) is 0 Å². The van der Waals surface area contributed by atoms with Crippen LogP contribution in [-0.4, -0.2) is 45.4 Å². The lowest BCUT2D eigenvalue weighted by molar-refractivity contribution is 0.237. The summed E-state index contributed by atoms with van der Waals surface area (Å²) in [6.07, 6.45) is 2.54. The van der Waals surface area contributed by atoms with Crippen molar-refractivity contribution in [1.29, 1.82) is 0 Å². The van der Waals surface area contributed by atoms with Crippen molar-refractivity contribution in [2.45, 2.75) is 12.8 Å². The number of methoxy groups -OCH3 is 2. The molecule has 36 heavy (non-hydrogen) atoms. The van der Waals surface area contributed by atoms with E-state index in [4.69, 9.17) is 23.4 Å². The molecule has 0 bridgehead atoms. The van der Waals surface area contributed by atoms with Crippen LogP contribution >= 0.6 is 0 Å². The summed E-state index contributed by atoms with van der Waals surface area (Å²) in [6.45, 7) is 3.88. The quantitative estimate of drug-likeness (QED) is 0.279. The van der Waals surface area contributed by atoms with Gasteiger partial charge in [-0.25, -0.2) is 4.79 Å². The maximum absolute atomic E-state index is 13.1. The van der Waals surface area contributed by atoms with Crippen molar-refractivity contribution in [2.24, 2.45) is 0 Å². The first-order valence-corrected chi connectivity index (χ1v) is 12.1. The minimum absolute atomic E-state index is 0.334. The van der Waals surface area contributed by atoms with Crippen molar-refractivity contribution in [2.75, 3.05) is 40.5 Å². The number of benzene rings is 3. The van der Waals surface area contributed by atoms with Gasteiger partial charge in [0, 0.05) is 12.6 Å². The van der Waals surface area contributed by atoms with Gasteiger partial charge in [-0.1, -0.05) is 12.1 Å². The molecule has 1 fully saturated rings. The summed E-state index contributed by atoms with van der Waals surface area (Å²) in [5, 5.41) is 0.659. The Kier molecular flexibility index (Phi) is 7.09. The van der Waals surface area contributed by atoms with Gasteiger partial charge in [-0.3, -0.25) is 4.90 Å². The minimum atomic E-state index is -0.502. The second kappa shape index (κ2) is 10.7. The first-order chi connectivity index (χ1) is 17.6. The molecule has 0 saturated carbocycles. The third kappa shape index (κ3) is 5.16. The highest BCUT2D eigenvalue weighted by molar-refractivity contribution is 5.91. The summed E-state index contributed by atoms with van der Waals surface area (Å²) < 4.78 is 28.5. The van der Waals surface area contributed by atoms with E-state index in [-0.39, 0.29) is 0 Å². The Morgan fingerprint density at radius 2 is 1.44 bits per heavy atom. The first kappa shape index (κ1) is 23.8. The van der Waals surface area contributed by atoms with Gasteiger partial charge in [0.15, 0.2) is 5.75 Å². The maximum atomic E-state index is 13.1. The molecule has 3 aromatic carbocycles. The summed E-state index contributed by atoms with van der Waals surface area (Å²) >= 11 is 0. The van der Waals surface area contributed by atoms with Crippen molar-refractivity contribution in [1.82, 2.24) is 4.90 Å². The molecule has 0 amide bonds. The van der Waals surface area contributed by atoms with Crippen LogP contribution < -0.4 is 24.6 Å². The molecule has 4 aromatic rings. The van der Waals surface area contributed by atoms with Gasteiger partial charge in [0.05, 0.1) is 19.6 Å². The number of fused-ring (bicyclic) bond motifs is 1. The van der Waals surface area contributed by atoms with Crippen LogP contribution in [0, 0.1) is 0 Å². The van der Waals surface area contributed by atoms with Crippen LogP contribution in [0.2, 0.25) is 0 Å². The van der Waals surface area contributed by atoms with Gasteiger partial charge >= 0.3 is 5.63 Å². The molecule has 0 N–H and O–H groups in total. The number of hydrogen-bond donors (Lipinski definition) is 0. The zero-order valence-electron chi connectivity index (χ0n) is 20.5. The Morgan fingerprint density at radius 1 is 0.806 bits per heavy atom. The highest BCUT2D eigenvalue weighted by atomic mass is 16.5. The molecular weight excluding hydrogens is 458 g/mol. The Morgan fingerprint density at radius 3 is 2.14 bits per heavy atom. The summed E-state index contributed by atoms with van der Waals surface area (Å²) in [5.74, 6) is 3.05. The molecule has 2 heterocycles. The van der Waals surface area contributed by atoms with E-state index in [1.807, 2.05) is 48.5 Å². The van der Waals surface area contributed by atoms with Gasteiger partial charge in [0.2, 0.25) is 0 Å². The van der Waals surface area contributed by atoms with Crippen molar-refractivity contribution in [3.8, 4) is 39.9 Å². The van der Waals surface area contributed by atoms with E-state index in [0.717, 1.165) is 25.4 Å². The van der Waals surface area contributed by atoms with E-state index in [0.29, 0.717) is 51.7 Å². The predicted molar refractivity (Wildman–Crippen MR) is 139 cm³/mol. The molecule has 0 spiro atoms. The van der Waals surface area contributed by atoms with Crippen LogP contribution in [0.5, 0.6) is 28.7 Å². The Hall–Kier alpha value is -3.97. The Balaban J connectivity index is 1.45. The number of hydrogen-bond acceptors (Lipinski definition) is 7. The van der Waals surface area contributed by atoms with E-state index in [1.165, 1.54) is 12.8 Å². The average molecular weight is 488 g/mol. The molecule has 0 radical (unpaired) electrons. The highest BCUT2D eigenvalue weighted by Crippen LogP contribution is 2.39. The van der Waals surface area contributed by atoms with Crippen LogP contribution in [0.1, 0.15) is 12.8 Å². The zero-order valence-corrected chi connectivity index (χ0v) is 20.5. The van der Waals surface area contributed by atoms with Crippen LogP contribution in [0.15, 0.2) is 75.9 Å². The number of rotatable bonds is 9. The first-order valence-electron chi connectivity index (χ1n) is 12.1. The molecular formula is C29H29NO6. The van der Waals surface area contributed by atoms with Crippen LogP contribution in [0.3, 0.4) is 0 Å². The van der Waals surface area contributed by atoms with Crippen molar-refractivity contribution in [3.05, 3.63) is 77.2 Å². The van der Waals surface area contributed by atoms with Crippen molar-refractivity contribution >= 4 is 11.0 Å². The van der Waals surface area contributed by atoms with Gasteiger partial charge in [0.25, 0.3) is 0 Å². The van der Waals surface area contributed by atoms with Gasteiger partial charge in [-0.2, -0.15) is 0 Å². The third-order valence-electron chi connectivity index (χ3n) is 6.36. The largest absolute Gasteiger partial charge is 0.497 e. The zero-order chi connectivity index (χ0) is 24.9. The van der Waals surface area contributed by atoms with E-state index < -0.39 is 5.63 Å². The standard InChI is InChI=1S/C29H29NO6/c1-32-21-7-5-20(6-8-21)27-28(25-14-13-24(33-2)19-26(25)36-29(27)31)35-23-11-9-22(10-12-23)34-18-17-30-15-3-4-16-30/h5-14,19H,3-4,15-18H2,1-2H3. The van der Waals surface area contributed by atoms with Gasteiger partial charge in [0.1, 0.15) is 40.8 Å². The van der Waals surface area contributed by atoms with Crippen LogP contribution in [-0.2, 0) is 0 Å². The molecule has 0 atom stereocenters. The monoisotopic (exact) mass is 487 g/mol. The molecule has 1 aliphatic rings. The van der Waals surface area contributed by atoms with E-state index in [9.17, 15) is 4.79 Å². The molecule has 1 saturated heterocycles. The normalized spacial score (nSPS) is 13.6. The molecule has 7 heteroatoms. The lowest BCUT2D eigenvalue weighted by Crippen LogP contribution is -2.25. The fourth-order valence-electron chi connectivity index (χ4n) is 4.41. The number of nitrogens with zero attached hydrogens (tertiary/aromatic N) is 1. The summed E-state index contributed by atoms with van der Waals surface area (Å²) in [7, 11) is 3.16. The molecule has 186 valence electrons. The van der Waals surface area contributed by atoms with Gasteiger partial charge in [-0.05, 0) is 80.0 Å². The van der Waals surface area contributed by atoms with Crippen molar-refractivity contribution in [3.63, 3.8) is 0 Å². The smallest absolute Gasteiger partial charge is 0.348 e. The Bertz CT molecular complexity index is 1370. The lowest BCUT2D eigenvalue weighted by atomic mass is 10.0. The summed E-state index contributed by atoms with van der Waals surface area (Å²) in [4.78, 5) is 15.6. The minimum Gasteiger partial charge on any atom is -0.497 e. The number of likely N-dealkylation sites (tertiary alicyclic amines) is 1. The molecule has 0 unspecified atom stereocenters. The topological polar surface area (TPSA) is 70.4 Å². The van der Waals surface area contributed by atoms with E-state index in [1.54, 1.807) is 32.4 Å². The molecule has 7 nitrogen and oxygen atoms in total. The average Bonchev–Trinajstić information content (AvgIpc) is 3.43. The second-order valence-corrected chi connectivity index (χ2v) is 8.65. The molecule has 1 aromatic heterocycles. The molecule has 5 rings (SSSR count). The molecule has 0 aliphatic carbocycles. The van der Waals surface area contributed by atoms with Crippen molar-refractivity contribution < 1.29 is 23.4 Å². The Labute approximate surface area is 209 Å². The summed E-state index contributed by atoms with van der Waals surface area (Å²) in [6, 6.07) is 20.0. The van der Waals surface area contributed by atoms with E-state index >= 15 is 0 Å². The third-order valence-corrected chi connectivity index (χ3v) is 6.36. The fourth-order valence-corrected chi connectivity index (χ4v) is 4.41.